The van der Waals surface area contributed by atoms with Gasteiger partial charge >= 0.3 is 0 Å². The van der Waals surface area contributed by atoms with E-state index in [-0.39, 0.29) is 0 Å². The SMILES string of the molecule is CN=C(NCc1nccc2ccccc12)N1CCN(Cc2ccc3c(c2)OCO3)CC1. The van der Waals surface area contributed by atoms with E-state index in [2.05, 4.69) is 61.5 Å². The molecule has 1 fully saturated rings. The first-order valence-electron chi connectivity index (χ1n) is 10.7. The van der Waals surface area contributed by atoms with Crippen molar-refractivity contribution in [2.75, 3.05) is 40.0 Å². The van der Waals surface area contributed by atoms with Crippen LogP contribution in [-0.2, 0) is 13.1 Å². The van der Waals surface area contributed by atoms with E-state index in [0.29, 0.717) is 13.3 Å². The molecule has 3 aromatic rings. The quantitative estimate of drug-likeness (QED) is 0.520. The monoisotopic (exact) mass is 417 g/mol. The molecule has 0 unspecified atom stereocenters. The highest BCUT2D eigenvalue weighted by Gasteiger charge is 2.21. The topological polar surface area (TPSA) is 62.2 Å². The molecular formula is C24H27N5O2. The van der Waals surface area contributed by atoms with E-state index < -0.39 is 0 Å². The zero-order valence-electron chi connectivity index (χ0n) is 17.8. The molecule has 7 nitrogen and oxygen atoms in total. The Labute approximate surface area is 182 Å². The highest BCUT2D eigenvalue weighted by Crippen LogP contribution is 2.32. The Kier molecular flexibility index (Phi) is 5.58. The third-order valence-electron chi connectivity index (χ3n) is 5.90. The molecule has 3 heterocycles. The number of guanidine groups is 1. The van der Waals surface area contributed by atoms with Crippen LogP contribution in [0, 0.1) is 0 Å². The maximum Gasteiger partial charge on any atom is 0.231 e. The number of aromatic nitrogens is 1. The van der Waals surface area contributed by atoms with Crippen molar-refractivity contribution in [3.8, 4) is 11.5 Å². The van der Waals surface area contributed by atoms with E-state index in [1.165, 1.54) is 16.3 Å². The average molecular weight is 418 g/mol. The molecule has 2 aliphatic rings. The number of aliphatic imine (C=N–C) groups is 1. The van der Waals surface area contributed by atoms with Crippen LogP contribution in [0.4, 0.5) is 0 Å². The number of hydrogen-bond donors (Lipinski definition) is 1. The Morgan fingerprint density at radius 3 is 2.74 bits per heavy atom. The molecule has 1 N–H and O–H groups in total. The standard InChI is InChI=1S/C24H27N5O2/c1-25-24(27-15-21-20-5-3-2-4-19(20)8-9-26-21)29-12-10-28(11-13-29)16-18-6-7-22-23(14-18)31-17-30-22/h2-9,14H,10-13,15-17H2,1H3,(H,25,27). The number of nitrogens with zero attached hydrogens (tertiary/aromatic N) is 4. The summed E-state index contributed by atoms with van der Waals surface area (Å²) >= 11 is 0. The van der Waals surface area contributed by atoms with Gasteiger partial charge in [-0.2, -0.15) is 0 Å². The fourth-order valence-electron chi connectivity index (χ4n) is 4.23. The van der Waals surface area contributed by atoms with Gasteiger partial charge in [0.1, 0.15) is 0 Å². The molecule has 0 atom stereocenters. The number of pyridine rings is 1. The highest BCUT2D eigenvalue weighted by molar-refractivity contribution is 5.85. The average Bonchev–Trinajstić information content (AvgIpc) is 3.28. The second kappa shape index (κ2) is 8.81. The number of rotatable bonds is 4. The van der Waals surface area contributed by atoms with Gasteiger partial charge in [0, 0.05) is 51.4 Å². The van der Waals surface area contributed by atoms with Gasteiger partial charge in [-0.1, -0.05) is 30.3 Å². The first kappa shape index (κ1) is 19.6. The van der Waals surface area contributed by atoms with Crippen molar-refractivity contribution in [2.24, 2.45) is 4.99 Å². The zero-order valence-corrected chi connectivity index (χ0v) is 17.8. The van der Waals surface area contributed by atoms with Crippen LogP contribution in [0.2, 0.25) is 0 Å². The van der Waals surface area contributed by atoms with Crippen LogP contribution in [0.1, 0.15) is 11.3 Å². The summed E-state index contributed by atoms with van der Waals surface area (Å²) in [6, 6.07) is 16.6. The van der Waals surface area contributed by atoms with Crippen LogP contribution in [0.3, 0.4) is 0 Å². The van der Waals surface area contributed by atoms with E-state index in [9.17, 15) is 0 Å². The van der Waals surface area contributed by atoms with E-state index in [1.807, 2.05) is 25.4 Å². The molecule has 0 spiro atoms. The Morgan fingerprint density at radius 2 is 1.87 bits per heavy atom. The van der Waals surface area contributed by atoms with Crippen molar-refractivity contribution in [2.45, 2.75) is 13.1 Å². The van der Waals surface area contributed by atoms with Crippen LogP contribution >= 0.6 is 0 Å². The molecule has 0 amide bonds. The number of nitrogens with one attached hydrogen (secondary N) is 1. The fourth-order valence-corrected chi connectivity index (χ4v) is 4.23. The molecule has 1 saturated heterocycles. The summed E-state index contributed by atoms with van der Waals surface area (Å²) in [4.78, 5) is 13.9. The third-order valence-corrected chi connectivity index (χ3v) is 5.90. The van der Waals surface area contributed by atoms with Crippen molar-refractivity contribution in [1.29, 1.82) is 0 Å². The van der Waals surface area contributed by atoms with Crippen molar-refractivity contribution in [3.05, 3.63) is 66.0 Å². The Morgan fingerprint density at radius 1 is 1.03 bits per heavy atom. The van der Waals surface area contributed by atoms with E-state index in [4.69, 9.17) is 9.47 Å². The lowest BCUT2D eigenvalue weighted by Crippen LogP contribution is -2.52. The van der Waals surface area contributed by atoms with Gasteiger partial charge in [0.05, 0.1) is 12.2 Å². The largest absolute Gasteiger partial charge is 0.454 e. The third kappa shape index (κ3) is 4.27. The van der Waals surface area contributed by atoms with Gasteiger partial charge in [-0.3, -0.25) is 14.9 Å². The predicted octanol–water partition coefficient (Wildman–Crippen LogP) is 2.86. The summed E-state index contributed by atoms with van der Waals surface area (Å²) in [6.45, 7) is 5.74. The van der Waals surface area contributed by atoms with Crippen LogP contribution in [0.25, 0.3) is 10.8 Å². The number of benzene rings is 2. The lowest BCUT2D eigenvalue weighted by atomic mass is 10.1. The summed E-state index contributed by atoms with van der Waals surface area (Å²) in [5.41, 5.74) is 2.29. The van der Waals surface area contributed by atoms with Crippen molar-refractivity contribution < 1.29 is 9.47 Å². The van der Waals surface area contributed by atoms with Gasteiger partial charge in [0.15, 0.2) is 17.5 Å². The van der Waals surface area contributed by atoms with Gasteiger partial charge in [-0.05, 0) is 29.1 Å². The summed E-state index contributed by atoms with van der Waals surface area (Å²) in [6.07, 6.45) is 1.87. The van der Waals surface area contributed by atoms with Crippen LogP contribution in [-0.4, -0.2) is 60.8 Å². The molecule has 31 heavy (non-hydrogen) atoms. The maximum atomic E-state index is 5.50. The normalized spacial score (nSPS) is 16.7. The Balaban J connectivity index is 1.16. The van der Waals surface area contributed by atoms with Crippen molar-refractivity contribution in [1.82, 2.24) is 20.1 Å². The molecule has 160 valence electrons. The van der Waals surface area contributed by atoms with Gasteiger partial charge in [0.25, 0.3) is 0 Å². The second-order valence-corrected chi connectivity index (χ2v) is 7.83. The molecule has 0 aliphatic carbocycles. The Hall–Kier alpha value is -3.32. The van der Waals surface area contributed by atoms with Gasteiger partial charge in [-0.25, -0.2) is 0 Å². The molecule has 0 bridgehead atoms. The number of piperazine rings is 1. The van der Waals surface area contributed by atoms with E-state index in [0.717, 1.165) is 55.9 Å². The summed E-state index contributed by atoms with van der Waals surface area (Å²) in [5.74, 6) is 2.62. The fraction of sp³-hybridized carbons (Fsp3) is 0.333. The van der Waals surface area contributed by atoms with E-state index in [1.54, 1.807) is 0 Å². The van der Waals surface area contributed by atoms with Gasteiger partial charge in [0.2, 0.25) is 6.79 Å². The maximum absolute atomic E-state index is 5.50. The molecule has 0 radical (unpaired) electrons. The first-order valence-corrected chi connectivity index (χ1v) is 10.7. The molecule has 2 aliphatic heterocycles. The van der Waals surface area contributed by atoms with Crippen LogP contribution < -0.4 is 14.8 Å². The Bertz CT molecular complexity index is 1090. The first-order chi connectivity index (χ1) is 15.3. The summed E-state index contributed by atoms with van der Waals surface area (Å²) in [5, 5.41) is 5.90. The minimum absolute atomic E-state index is 0.317. The van der Waals surface area contributed by atoms with Gasteiger partial charge < -0.3 is 19.7 Å². The molecule has 1 aromatic heterocycles. The molecule has 7 heteroatoms. The molecule has 0 saturated carbocycles. The zero-order chi connectivity index (χ0) is 21.0. The number of hydrogen-bond acceptors (Lipinski definition) is 5. The van der Waals surface area contributed by atoms with Crippen LogP contribution in [0.5, 0.6) is 11.5 Å². The molecular weight excluding hydrogens is 390 g/mol. The molecule has 5 rings (SSSR count). The van der Waals surface area contributed by atoms with Crippen LogP contribution in [0.15, 0.2) is 59.7 Å². The van der Waals surface area contributed by atoms with Gasteiger partial charge in [-0.15, -0.1) is 0 Å². The van der Waals surface area contributed by atoms with E-state index >= 15 is 0 Å². The lowest BCUT2D eigenvalue weighted by molar-refractivity contribution is 0.171. The lowest BCUT2D eigenvalue weighted by Gasteiger charge is -2.36. The minimum atomic E-state index is 0.317. The summed E-state index contributed by atoms with van der Waals surface area (Å²) < 4.78 is 10.9. The minimum Gasteiger partial charge on any atom is -0.454 e. The summed E-state index contributed by atoms with van der Waals surface area (Å²) in [7, 11) is 1.85. The highest BCUT2D eigenvalue weighted by atomic mass is 16.7. The second-order valence-electron chi connectivity index (χ2n) is 7.83. The number of fused-ring (bicyclic) bond motifs is 2. The molecule has 2 aromatic carbocycles. The smallest absolute Gasteiger partial charge is 0.231 e. The predicted molar refractivity (Wildman–Crippen MR) is 121 cm³/mol. The van der Waals surface area contributed by atoms with Crippen molar-refractivity contribution in [3.63, 3.8) is 0 Å². The van der Waals surface area contributed by atoms with Crippen molar-refractivity contribution >= 4 is 16.7 Å². The number of ether oxygens (including phenoxy) is 2.